The zero-order chi connectivity index (χ0) is 25.5. The van der Waals surface area contributed by atoms with E-state index in [0.29, 0.717) is 12.4 Å². The van der Waals surface area contributed by atoms with Crippen molar-refractivity contribution in [3.63, 3.8) is 0 Å². The molecule has 0 bridgehead atoms. The Balaban J connectivity index is 1.81. The third-order valence-electron chi connectivity index (χ3n) is 4.67. The number of amides is 1. The Labute approximate surface area is 200 Å². The van der Waals surface area contributed by atoms with Crippen LogP contribution in [0.2, 0.25) is 0 Å². The predicted octanol–water partition coefficient (Wildman–Crippen LogP) is 4.45. The molecule has 184 valence electrons. The lowest BCUT2D eigenvalue weighted by Crippen LogP contribution is -2.39. The number of sulfonamides is 1. The maximum atomic E-state index is 13.3. The molecule has 0 aliphatic rings. The van der Waals surface area contributed by atoms with Crippen LogP contribution in [0.4, 0.5) is 18.9 Å². The molecule has 3 aromatic rings. The van der Waals surface area contributed by atoms with Crippen molar-refractivity contribution in [1.82, 2.24) is 5.43 Å². The highest BCUT2D eigenvalue weighted by molar-refractivity contribution is 7.92. The van der Waals surface area contributed by atoms with Crippen molar-refractivity contribution in [3.8, 4) is 5.75 Å². The van der Waals surface area contributed by atoms with Gasteiger partial charge in [0.25, 0.3) is 15.9 Å². The molecule has 0 heterocycles. The topological polar surface area (TPSA) is 88.1 Å². The van der Waals surface area contributed by atoms with Gasteiger partial charge in [-0.05, 0) is 61.0 Å². The number of nitrogens with one attached hydrogen (secondary N) is 1. The fourth-order valence-corrected chi connectivity index (χ4v) is 4.49. The molecule has 0 unspecified atom stereocenters. The first-order valence-corrected chi connectivity index (χ1v) is 11.8. The number of rotatable bonds is 9. The molecule has 11 heteroatoms. The van der Waals surface area contributed by atoms with Gasteiger partial charge < -0.3 is 4.74 Å². The molecule has 35 heavy (non-hydrogen) atoms. The molecular formula is C24H22F3N3O4S. The van der Waals surface area contributed by atoms with Crippen LogP contribution in [0.1, 0.15) is 18.1 Å². The van der Waals surface area contributed by atoms with E-state index in [9.17, 15) is 26.4 Å². The average molecular weight is 506 g/mol. The van der Waals surface area contributed by atoms with E-state index in [1.165, 1.54) is 36.4 Å². The van der Waals surface area contributed by atoms with E-state index in [4.69, 9.17) is 4.74 Å². The van der Waals surface area contributed by atoms with Crippen LogP contribution >= 0.6 is 0 Å². The molecule has 0 saturated heterocycles. The van der Waals surface area contributed by atoms with Gasteiger partial charge in [0.15, 0.2) is 0 Å². The van der Waals surface area contributed by atoms with Crippen LogP contribution in [0.5, 0.6) is 5.75 Å². The molecule has 0 aliphatic heterocycles. The van der Waals surface area contributed by atoms with E-state index in [1.807, 2.05) is 6.92 Å². The molecule has 0 radical (unpaired) electrons. The smallest absolute Gasteiger partial charge is 0.416 e. The summed E-state index contributed by atoms with van der Waals surface area (Å²) in [5.74, 6) is -0.259. The molecule has 0 aromatic heterocycles. The second-order valence-corrected chi connectivity index (χ2v) is 9.03. The van der Waals surface area contributed by atoms with E-state index in [1.54, 1.807) is 30.3 Å². The minimum absolute atomic E-state index is 0.0193. The highest BCUT2D eigenvalue weighted by Gasteiger charge is 2.30. The molecular weight excluding hydrogens is 483 g/mol. The Morgan fingerprint density at radius 1 is 1.03 bits per heavy atom. The number of hydrazone groups is 1. The van der Waals surface area contributed by atoms with Gasteiger partial charge in [-0.15, -0.1) is 0 Å². The zero-order valence-corrected chi connectivity index (χ0v) is 19.4. The maximum absolute atomic E-state index is 13.3. The van der Waals surface area contributed by atoms with Gasteiger partial charge >= 0.3 is 6.18 Å². The number of anilines is 1. The summed E-state index contributed by atoms with van der Waals surface area (Å²) >= 11 is 0. The number of hydrogen-bond donors (Lipinski definition) is 1. The van der Waals surface area contributed by atoms with Crippen molar-refractivity contribution < 1.29 is 31.1 Å². The number of carbonyl (C=O) groups is 1. The second kappa shape index (κ2) is 11.0. The van der Waals surface area contributed by atoms with Gasteiger partial charge in [-0.2, -0.15) is 18.3 Å². The summed E-state index contributed by atoms with van der Waals surface area (Å²) in [5.41, 5.74) is 1.63. The number of halogens is 3. The minimum Gasteiger partial charge on any atom is -0.494 e. The highest BCUT2D eigenvalue weighted by atomic mass is 32.2. The van der Waals surface area contributed by atoms with Crippen molar-refractivity contribution in [3.05, 3.63) is 90.0 Å². The molecule has 0 saturated carbocycles. The summed E-state index contributed by atoms with van der Waals surface area (Å²) in [5, 5.41) is 3.67. The lowest BCUT2D eigenvalue weighted by atomic mass is 10.1. The molecule has 3 rings (SSSR count). The third kappa shape index (κ3) is 6.82. The fraction of sp³-hybridized carbons (Fsp3) is 0.167. The molecule has 0 aliphatic carbocycles. The predicted molar refractivity (Wildman–Crippen MR) is 126 cm³/mol. The van der Waals surface area contributed by atoms with Gasteiger partial charge in [-0.3, -0.25) is 9.10 Å². The fourth-order valence-electron chi connectivity index (χ4n) is 3.05. The summed E-state index contributed by atoms with van der Waals surface area (Å²) in [7, 11) is -4.12. The Kier molecular flexibility index (Phi) is 8.13. The molecule has 0 spiro atoms. The SMILES string of the molecule is CCOc1ccc(N(CC(=O)N/N=C\c2cccc(C(F)(F)F)c2)S(=O)(=O)c2ccccc2)cc1. The van der Waals surface area contributed by atoms with Crippen LogP contribution in [-0.4, -0.2) is 33.7 Å². The lowest BCUT2D eigenvalue weighted by molar-refractivity contribution is -0.137. The molecule has 0 atom stereocenters. The Morgan fingerprint density at radius 2 is 1.71 bits per heavy atom. The Hall–Kier alpha value is -3.86. The number of carbonyl (C=O) groups excluding carboxylic acids is 1. The van der Waals surface area contributed by atoms with Gasteiger partial charge in [-0.25, -0.2) is 13.8 Å². The van der Waals surface area contributed by atoms with Gasteiger partial charge in [0.1, 0.15) is 12.3 Å². The van der Waals surface area contributed by atoms with Gasteiger partial charge in [0.2, 0.25) is 0 Å². The molecule has 1 amide bonds. The maximum Gasteiger partial charge on any atom is 0.416 e. The van der Waals surface area contributed by atoms with Crippen LogP contribution in [-0.2, 0) is 21.0 Å². The first-order chi connectivity index (χ1) is 16.6. The van der Waals surface area contributed by atoms with Crippen molar-refractivity contribution in [2.24, 2.45) is 5.10 Å². The van der Waals surface area contributed by atoms with Crippen molar-refractivity contribution >= 4 is 27.8 Å². The second-order valence-electron chi connectivity index (χ2n) is 7.17. The summed E-state index contributed by atoms with van der Waals surface area (Å²) in [6.07, 6.45) is -3.48. The molecule has 7 nitrogen and oxygen atoms in total. The summed E-state index contributed by atoms with van der Waals surface area (Å²) in [6, 6.07) is 18.1. The van der Waals surface area contributed by atoms with Crippen LogP contribution in [0.3, 0.4) is 0 Å². The summed E-state index contributed by atoms with van der Waals surface area (Å²) < 4.78 is 71.4. The van der Waals surface area contributed by atoms with Gasteiger partial charge in [0.05, 0.1) is 29.0 Å². The van der Waals surface area contributed by atoms with Crippen molar-refractivity contribution in [2.45, 2.75) is 18.0 Å². The quantitative estimate of drug-likeness (QED) is 0.344. The summed E-state index contributed by atoms with van der Waals surface area (Å²) in [6.45, 7) is 1.62. The first-order valence-electron chi connectivity index (χ1n) is 10.4. The van der Waals surface area contributed by atoms with E-state index in [0.717, 1.165) is 22.7 Å². The lowest BCUT2D eigenvalue weighted by Gasteiger charge is -2.24. The number of benzene rings is 3. The molecule has 0 fully saturated rings. The normalized spacial score (nSPS) is 11.9. The largest absolute Gasteiger partial charge is 0.494 e. The molecule has 1 N–H and O–H groups in total. The Bertz CT molecular complexity index is 1280. The van der Waals surface area contributed by atoms with Crippen LogP contribution in [0.25, 0.3) is 0 Å². The van der Waals surface area contributed by atoms with Crippen LogP contribution < -0.4 is 14.5 Å². The first kappa shape index (κ1) is 25.8. The van der Waals surface area contributed by atoms with E-state index in [2.05, 4.69) is 10.5 Å². The minimum atomic E-state index is -4.52. The van der Waals surface area contributed by atoms with E-state index in [-0.39, 0.29) is 16.1 Å². The van der Waals surface area contributed by atoms with Gasteiger partial charge in [-0.1, -0.05) is 30.3 Å². The standard InChI is InChI=1S/C24H22F3N3O4S/c1-2-34-21-13-11-20(12-14-21)30(35(32,33)22-9-4-3-5-10-22)17-23(31)29-28-16-18-7-6-8-19(15-18)24(25,26)27/h3-16H,2,17H2,1H3,(H,29,31)/b28-16-. The third-order valence-corrected chi connectivity index (χ3v) is 6.46. The van der Waals surface area contributed by atoms with Crippen LogP contribution in [0, 0.1) is 0 Å². The van der Waals surface area contributed by atoms with E-state index < -0.39 is 34.2 Å². The van der Waals surface area contributed by atoms with Gasteiger partial charge in [0, 0.05) is 0 Å². The number of hydrogen-bond acceptors (Lipinski definition) is 5. The summed E-state index contributed by atoms with van der Waals surface area (Å²) in [4.78, 5) is 12.5. The Morgan fingerprint density at radius 3 is 2.34 bits per heavy atom. The van der Waals surface area contributed by atoms with E-state index >= 15 is 0 Å². The van der Waals surface area contributed by atoms with Crippen LogP contribution in [0.15, 0.2) is 88.9 Å². The monoisotopic (exact) mass is 505 g/mol. The van der Waals surface area contributed by atoms with Crippen molar-refractivity contribution in [2.75, 3.05) is 17.5 Å². The average Bonchev–Trinajstić information content (AvgIpc) is 2.83. The molecule has 3 aromatic carbocycles. The number of alkyl halides is 3. The number of nitrogens with zero attached hydrogens (tertiary/aromatic N) is 2. The van der Waals surface area contributed by atoms with Crippen molar-refractivity contribution in [1.29, 1.82) is 0 Å². The number of ether oxygens (including phenoxy) is 1. The highest BCUT2D eigenvalue weighted by Crippen LogP contribution is 2.29. The zero-order valence-electron chi connectivity index (χ0n) is 18.6.